The van der Waals surface area contributed by atoms with Crippen molar-refractivity contribution in [1.82, 2.24) is 44.0 Å². The molecule has 68 heavy (non-hydrogen) atoms. The summed E-state index contributed by atoms with van der Waals surface area (Å²) in [7, 11) is 4.79. The Hall–Kier alpha value is -8.04. The lowest BCUT2D eigenvalue weighted by atomic mass is 10.0. The van der Waals surface area contributed by atoms with Crippen LogP contribution in [0.25, 0.3) is 22.1 Å². The number of rotatable bonds is 23. The lowest BCUT2D eigenvalue weighted by Gasteiger charge is -2.26. The molecule has 0 aliphatic carbocycles. The molecule has 3 aromatic heterocycles. The summed E-state index contributed by atoms with van der Waals surface area (Å²) in [6, 6.07) is 7.00. The number of ether oxygens (including phenoxy) is 2. The molecule has 0 saturated carbocycles. The Bertz CT molecular complexity index is 2820. The molecule has 0 bridgehead atoms. The maximum absolute atomic E-state index is 13.6. The minimum absolute atomic E-state index is 0.0681. The molecule has 7 amide bonds. The topological polar surface area (TPSA) is 286 Å². The molecule has 0 spiro atoms. The van der Waals surface area contributed by atoms with Crippen molar-refractivity contribution in [1.29, 1.82) is 0 Å². The third-order valence-corrected chi connectivity index (χ3v) is 11.1. The number of benzene rings is 2. The van der Waals surface area contributed by atoms with Crippen LogP contribution in [0.3, 0.4) is 0 Å². The predicted molar refractivity (Wildman–Crippen MR) is 252 cm³/mol. The van der Waals surface area contributed by atoms with E-state index in [4.69, 9.17) is 25.9 Å². The SMILES string of the molecule is CCn1nc(C)cc1C(=O)Nc1nc2cc(C(N)=O)cc(OC)c2n1C/C=C/Cn1c(NC)nc2cc(C(N)=O)cc(OCCCN(C)C(=O)C(CC(C)C)NC(=O)CCN3C(=O)C=CC3=O)c21. The predicted octanol–water partition coefficient (Wildman–Crippen LogP) is 2.74. The van der Waals surface area contributed by atoms with E-state index in [2.05, 4.69) is 26.0 Å². The molecule has 360 valence electrons. The minimum atomic E-state index is -0.832. The van der Waals surface area contributed by atoms with Crippen LogP contribution in [0, 0.1) is 12.8 Å². The van der Waals surface area contributed by atoms with Gasteiger partial charge in [-0.15, -0.1) is 0 Å². The lowest BCUT2D eigenvalue weighted by molar-refractivity contribution is -0.138. The fraction of sp³-hybridized carbons (Fsp3) is 0.391. The van der Waals surface area contributed by atoms with Crippen molar-refractivity contribution in [3.05, 3.63) is 77.2 Å². The lowest BCUT2D eigenvalue weighted by Crippen LogP contribution is -2.49. The third-order valence-electron chi connectivity index (χ3n) is 11.1. The number of hydrogen-bond donors (Lipinski definition) is 5. The molecular weight excluding hydrogens is 879 g/mol. The summed E-state index contributed by atoms with van der Waals surface area (Å²) in [5, 5.41) is 13.2. The van der Waals surface area contributed by atoms with Gasteiger partial charge in [0.25, 0.3) is 17.7 Å². The van der Waals surface area contributed by atoms with Crippen LogP contribution in [0.15, 0.2) is 54.6 Å². The molecule has 1 aliphatic heterocycles. The molecule has 22 heteroatoms. The van der Waals surface area contributed by atoms with E-state index in [-0.39, 0.29) is 68.1 Å². The van der Waals surface area contributed by atoms with Crippen molar-refractivity contribution < 1.29 is 43.0 Å². The number of imide groups is 1. The summed E-state index contributed by atoms with van der Waals surface area (Å²) in [5.41, 5.74) is 14.6. The molecule has 4 heterocycles. The first-order chi connectivity index (χ1) is 32.4. The van der Waals surface area contributed by atoms with Gasteiger partial charge in [0.05, 0.1) is 30.4 Å². The number of nitrogens with two attached hydrogens (primary N) is 2. The van der Waals surface area contributed by atoms with Crippen molar-refractivity contribution in [3.8, 4) is 11.5 Å². The smallest absolute Gasteiger partial charge is 0.276 e. The van der Waals surface area contributed by atoms with Crippen molar-refractivity contribution in [3.63, 3.8) is 0 Å². The van der Waals surface area contributed by atoms with Gasteiger partial charge < -0.3 is 45.6 Å². The molecule has 0 radical (unpaired) electrons. The van der Waals surface area contributed by atoms with E-state index >= 15 is 0 Å². The minimum Gasteiger partial charge on any atom is -0.494 e. The second kappa shape index (κ2) is 21.5. The first-order valence-electron chi connectivity index (χ1n) is 22.1. The van der Waals surface area contributed by atoms with E-state index in [1.54, 1.807) is 48.5 Å². The highest BCUT2D eigenvalue weighted by atomic mass is 16.5. The summed E-state index contributed by atoms with van der Waals surface area (Å²) >= 11 is 0. The average Bonchev–Trinajstić information content (AvgIpc) is 4.06. The van der Waals surface area contributed by atoms with E-state index in [0.717, 1.165) is 17.1 Å². The highest BCUT2D eigenvalue weighted by Gasteiger charge is 2.28. The number of primary amides is 2. The number of imidazole rings is 2. The van der Waals surface area contributed by atoms with E-state index in [1.807, 2.05) is 37.5 Å². The molecule has 1 unspecified atom stereocenters. The van der Waals surface area contributed by atoms with Gasteiger partial charge in [-0.3, -0.25) is 48.5 Å². The highest BCUT2D eigenvalue weighted by Crippen LogP contribution is 2.33. The Morgan fingerprint density at radius 1 is 0.868 bits per heavy atom. The summed E-state index contributed by atoms with van der Waals surface area (Å²) in [6.45, 7) is 8.73. The number of anilines is 2. The van der Waals surface area contributed by atoms with Crippen molar-refractivity contribution >= 4 is 75.3 Å². The molecule has 22 nitrogen and oxygen atoms in total. The number of carbonyl (C=O) groups is 7. The van der Waals surface area contributed by atoms with Crippen LogP contribution in [0.1, 0.15) is 76.9 Å². The first-order valence-corrected chi connectivity index (χ1v) is 22.1. The maximum atomic E-state index is 13.6. The first kappa shape index (κ1) is 49.4. The van der Waals surface area contributed by atoms with Crippen molar-refractivity contribution in [2.45, 2.75) is 72.6 Å². The Morgan fingerprint density at radius 2 is 1.46 bits per heavy atom. The zero-order chi connectivity index (χ0) is 49.4. The Morgan fingerprint density at radius 3 is 2.03 bits per heavy atom. The average molecular weight is 936 g/mol. The number of carbonyl (C=O) groups excluding carboxylic acids is 7. The van der Waals surface area contributed by atoms with E-state index in [1.165, 1.54) is 24.1 Å². The monoisotopic (exact) mass is 935 g/mol. The quantitative estimate of drug-likeness (QED) is 0.0358. The van der Waals surface area contributed by atoms with Crippen LogP contribution in [0.5, 0.6) is 11.5 Å². The molecule has 2 aromatic carbocycles. The highest BCUT2D eigenvalue weighted by molar-refractivity contribution is 6.13. The summed E-state index contributed by atoms with van der Waals surface area (Å²) in [5.74, 6) is -2.19. The molecule has 5 aromatic rings. The van der Waals surface area contributed by atoms with Gasteiger partial charge in [0, 0.05) is 76.5 Å². The van der Waals surface area contributed by atoms with E-state index < -0.39 is 41.5 Å². The number of allylic oxidation sites excluding steroid dienone is 2. The molecule has 6 rings (SSSR count). The standard InChI is InChI=1S/C46H57N13O9/c1-8-59-33(21-27(4)54-59)43(65)53-46-52-30-22-28(41(47)63)24-34(67-7)39(30)58(46)17-10-9-16-57-40-31(51-45(57)49-5)23-29(42(48)64)25-35(40)68-19-11-15-55(6)44(66)32(20-26(2)3)50-36(60)14-18-56-37(61)12-13-38(56)62/h9-10,12-13,21-26,32H,8,11,14-20H2,1-7H3,(H2,47,63)(H2,48,64)(H,49,51)(H,50,60)(H,52,53,65)/b10-9+. The van der Waals surface area contributed by atoms with Crippen LogP contribution < -0.4 is 36.9 Å². The van der Waals surface area contributed by atoms with E-state index in [9.17, 15) is 33.6 Å². The number of nitrogens with one attached hydrogen (secondary N) is 3. The molecule has 0 saturated heterocycles. The number of amides is 7. The fourth-order valence-electron chi connectivity index (χ4n) is 7.83. The maximum Gasteiger partial charge on any atom is 0.276 e. The van der Waals surface area contributed by atoms with Crippen molar-refractivity contribution in [2.24, 2.45) is 17.4 Å². The zero-order valence-corrected chi connectivity index (χ0v) is 39.1. The molecule has 0 fully saturated rings. The van der Waals surface area contributed by atoms with Gasteiger partial charge in [-0.25, -0.2) is 9.97 Å². The molecule has 1 aliphatic rings. The number of methoxy groups -OCH3 is 1. The molecule has 7 N–H and O–H groups in total. The molecular formula is C46H57N13O9. The van der Waals surface area contributed by atoms with Crippen LogP contribution in [-0.4, -0.2) is 127 Å². The Labute approximate surface area is 391 Å². The van der Waals surface area contributed by atoms with Crippen LogP contribution in [-0.2, 0) is 38.8 Å². The fourth-order valence-corrected chi connectivity index (χ4v) is 7.83. The zero-order valence-electron chi connectivity index (χ0n) is 39.1. The van der Waals surface area contributed by atoms with Crippen molar-refractivity contribution in [2.75, 3.05) is 51.5 Å². The normalized spacial score (nSPS) is 13.0. The summed E-state index contributed by atoms with van der Waals surface area (Å²) in [6.07, 6.45) is 6.62. The van der Waals surface area contributed by atoms with Gasteiger partial charge in [0.1, 0.15) is 34.3 Å². The van der Waals surface area contributed by atoms with Gasteiger partial charge in [0.2, 0.25) is 35.5 Å². The number of nitrogens with zero attached hydrogens (tertiary/aromatic N) is 8. The third kappa shape index (κ3) is 11.1. The number of aryl methyl sites for hydroxylation is 2. The van der Waals surface area contributed by atoms with Gasteiger partial charge in [-0.1, -0.05) is 26.0 Å². The van der Waals surface area contributed by atoms with Gasteiger partial charge >= 0.3 is 0 Å². The largest absolute Gasteiger partial charge is 0.494 e. The van der Waals surface area contributed by atoms with Gasteiger partial charge in [-0.2, -0.15) is 5.10 Å². The second-order valence-corrected chi connectivity index (χ2v) is 16.5. The summed E-state index contributed by atoms with van der Waals surface area (Å²) < 4.78 is 17.2. The van der Waals surface area contributed by atoms with Crippen LogP contribution in [0.4, 0.5) is 11.9 Å². The van der Waals surface area contributed by atoms with Crippen LogP contribution >= 0.6 is 0 Å². The Balaban J connectivity index is 1.19. The van der Waals surface area contributed by atoms with Crippen LogP contribution in [0.2, 0.25) is 0 Å². The Kier molecular flexibility index (Phi) is 15.6. The number of likely N-dealkylation sites (N-methyl/N-ethyl adjacent to an activating group) is 1. The number of fused-ring (bicyclic) bond motifs is 2. The number of aromatic nitrogens is 6. The van der Waals surface area contributed by atoms with Gasteiger partial charge in [-0.05, 0) is 62.9 Å². The van der Waals surface area contributed by atoms with E-state index in [0.29, 0.717) is 70.3 Å². The molecule has 1 atom stereocenters. The number of hydrogen-bond acceptors (Lipinski definition) is 13. The van der Waals surface area contributed by atoms with Gasteiger partial charge in [0.15, 0.2) is 0 Å². The second-order valence-electron chi connectivity index (χ2n) is 16.5. The summed E-state index contributed by atoms with van der Waals surface area (Å²) in [4.78, 5) is 100.